The van der Waals surface area contributed by atoms with Gasteiger partial charge < -0.3 is 9.64 Å². The largest absolute Gasteiger partial charge is 0.380 e. The number of amides is 1. The first-order valence-corrected chi connectivity index (χ1v) is 6.74. The van der Waals surface area contributed by atoms with Crippen LogP contribution in [-0.4, -0.2) is 31.4 Å². The quantitative estimate of drug-likeness (QED) is 0.593. The molecule has 5 heteroatoms. The zero-order valence-corrected chi connectivity index (χ0v) is 11.7. The summed E-state index contributed by atoms with van der Waals surface area (Å²) in [6.07, 6.45) is 0.953. The van der Waals surface area contributed by atoms with Crippen LogP contribution < -0.4 is 4.90 Å². The van der Waals surface area contributed by atoms with Gasteiger partial charge in [0.15, 0.2) is 0 Å². The van der Waals surface area contributed by atoms with E-state index in [-0.39, 0.29) is 5.56 Å². The van der Waals surface area contributed by atoms with Crippen LogP contribution >= 0.6 is 0 Å². The fourth-order valence-electron chi connectivity index (χ4n) is 2.07. The summed E-state index contributed by atoms with van der Waals surface area (Å²) in [7, 11) is 0. The van der Waals surface area contributed by atoms with Crippen LogP contribution in [0, 0.1) is 11.7 Å². The molecule has 1 heterocycles. The molecule has 0 aliphatic carbocycles. The van der Waals surface area contributed by atoms with Gasteiger partial charge in [0.25, 0.3) is 11.7 Å². The molecule has 108 valence electrons. The van der Waals surface area contributed by atoms with Crippen LogP contribution in [0.15, 0.2) is 18.2 Å². The highest BCUT2D eigenvalue weighted by molar-refractivity contribution is 6.52. The maximum atomic E-state index is 13.1. The minimum Gasteiger partial charge on any atom is -0.380 e. The monoisotopic (exact) mass is 279 g/mol. The summed E-state index contributed by atoms with van der Waals surface area (Å²) in [4.78, 5) is 24.9. The van der Waals surface area contributed by atoms with Crippen molar-refractivity contribution in [2.24, 2.45) is 5.92 Å². The van der Waals surface area contributed by atoms with Gasteiger partial charge in [-0.1, -0.05) is 13.8 Å². The lowest BCUT2D eigenvalue weighted by Crippen LogP contribution is -2.32. The predicted molar refractivity (Wildman–Crippen MR) is 73.4 cm³/mol. The van der Waals surface area contributed by atoms with Crippen molar-refractivity contribution in [1.29, 1.82) is 0 Å². The van der Waals surface area contributed by atoms with E-state index in [1.165, 1.54) is 17.0 Å². The maximum absolute atomic E-state index is 13.1. The molecule has 1 aromatic rings. The molecule has 0 bridgehead atoms. The summed E-state index contributed by atoms with van der Waals surface area (Å²) in [5.41, 5.74) is 0.603. The summed E-state index contributed by atoms with van der Waals surface area (Å²) < 4.78 is 18.6. The predicted octanol–water partition coefficient (Wildman–Crippen LogP) is 2.42. The smallest absolute Gasteiger partial charge is 0.299 e. The van der Waals surface area contributed by atoms with Crippen molar-refractivity contribution >= 4 is 17.4 Å². The maximum Gasteiger partial charge on any atom is 0.299 e. The molecule has 0 radical (unpaired) electrons. The highest BCUT2D eigenvalue weighted by Crippen LogP contribution is 2.29. The van der Waals surface area contributed by atoms with Gasteiger partial charge in [-0.2, -0.15) is 0 Å². The first kappa shape index (κ1) is 14.7. The highest BCUT2D eigenvalue weighted by Gasteiger charge is 2.35. The van der Waals surface area contributed by atoms with Gasteiger partial charge in [-0.15, -0.1) is 0 Å². The lowest BCUT2D eigenvalue weighted by Gasteiger charge is -2.16. The Labute approximate surface area is 117 Å². The second kappa shape index (κ2) is 6.13. The molecule has 0 spiro atoms. The number of halogens is 1. The van der Waals surface area contributed by atoms with Gasteiger partial charge in [0.1, 0.15) is 5.82 Å². The summed E-state index contributed by atoms with van der Waals surface area (Å²) in [6, 6.07) is 3.81. The number of nitrogens with zero attached hydrogens (tertiary/aromatic N) is 1. The van der Waals surface area contributed by atoms with Crippen molar-refractivity contribution in [2.75, 3.05) is 24.7 Å². The van der Waals surface area contributed by atoms with E-state index in [4.69, 9.17) is 4.74 Å². The SMILES string of the molecule is CC(C)CCOCCN1C(=O)C(=O)c2cc(F)ccc21. The van der Waals surface area contributed by atoms with Gasteiger partial charge in [-0.3, -0.25) is 9.59 Å². The van der Waals surface area contributed by atoms with E-state index in [1.54, 1.807) is 0 Å². The number of Topliss-reactive ketones (excluding diaryl/α,β-unsaturated/α-hetero) is 1. The van der Waals surface area contributed by atoms with Crippen molar-refractivity contribution in [2.45, 2.75) is 20.3 Å². The van der Waals surface area contributed by atoms with E-state index >= 15 is 0 Å². The Morgan fingerprint density at radius 1 is 1.25 bits per heavy atom. The average Bonchev–Trinajstić information content (AvgIpc) is 2.63. The molecule has 4 nitrogen and oxygen atoms in total. The van der Waals surface area contributed by atoms with Gasteiger partial charge in [0.2, 0.25) is 0 Å². The normalized spacial score (nSPS) is 14.3. The third-order valence-corrected chi connectivity index (χ3v) is 3.23. The molecule has 2 rings (SSSR count). The Kier molecular flexibility index (Phi) is 4.49. The van der Waals surface area contributed by atoms with Crippen LogP contribution in [0.3, 0.4) is 0 Å². The first-order chi connectivity index (χ1) is 9.50. The van der Waals surface area contributed by atoms with Gasteiger partial charge >= 0.3 is 0 Å². The molecule has 1 aliphatic heterocycles. The standard InChI is InChI=1S/C15H18FNO3/c1-10(2)5-7-20-8-6-17-13-4-3-11(16)9-12(13)14(18)15(17)19/h3-4,9-10H,5-8H2,1-2H3. The highest BCUT2D eigenvalue weighted by atomic mass is 19.1. The molecular formula is C15H18FNO3. The number of benzene rings is 1. The molecule has 0 unspecified atom stereocenters. The number of anilines is 1. The van der Waals surface area contributed by atoms with Gasteiger partial charge in [-0.05, 0) is 30.5 Å². The fraction of sp³-hybridized carbons (Fsp3) is 0.467. The molecule has 1 amide bonds. The molecule has 1 aromatic carbocycles. The molecular weight excluding hydrogens is 261 g/mol. The van der Waals surface area contributed by atoms with Crippen LogP contribution in [-0.2, 0) is 9.53 Å². The lowest BCUT2D eigenvalue weighted by molar-refractivity contribution is -0.114. The number of hydrogen-bond donors (Lipinski definition) is 0. The fourth-order valence-corrected chi connectivity index (χ4v) is 2.07. The molecule has 20 heavy (non-hydrogen) atoms. The molecule has 0 aromatic heterocycles. The Morgan fingerprint density at radius 2 is 2.00 bits per heavy atom. The van der Waals surface area contributed by atoms with E-state index < -0.39 is 17.5 Å². The molecule has 0 saturated heterocycles. The van der Waals surface area contributed by atoms with Crippen molar-refractivity contribution in [3.05, 3.63) is 29.6 Å². The summed E-state index contributed by atoms with van der Waals surface area (Å²) in [5.74, 6) is -1.21. The summed E-state index contributed by atoms with van der Waals surface area (Å²) in [6.45, 7) is 5.52. The van der Waals surface area contributed by atoms with Crippen LogP contribution in [0.4, 0.5) is 10.1 Å². The van der Waals surface area contributed by atoms with Crippen molar-refractivity contribution in [3.8, 4) is 0 Å². The summed E-state index contributed by atoms with van der Waals surface area (Å²) in [5, 5.41) is 0. The van der Waals surface area contributed by atoms with Crippen molar-refractivity contribution in [1.82, 2.24) is 0 Å². The lowest BCUT2D eigenvalue weighted by atomic mass is 10.1. The van der Waals surface area contributed by atoms with E-state index in [0.717, 1.165) is 12.5 Å². The van der Waals surface area contributed by atoms with Gasteiger partial charge in [0.05, 0.1) is 17.9 Å². The van der Waals surface area contributed by atoms with Crippen LogP contribution in [0.1, 0.15) is 30.6 Å². The number of carbonyl (C=O) groups excluding carboxylic acids is 2. The van der Waals surface area contributed by atoms with E-state index in [9.17, 15) is 14.0 Å². The average molecular weight is 279 g/mol. The minimum absolute atomic E-state index is 0.136. The van der Waals surface area contributed by atoms with Crippen molar-refractivity contribution in [3.63, 3.8) is 0 Å². The van der Waals surface area contributed by atoms with Crippen LogP contribution in [0.2, 0.25) is 0 Å². The number of carbonyl (C=O) groups is 2. The van der Waals surface area contributed by atoms with Gasteiger partial charge in [0, 0.05) is 13.2 Å². The van der Waals surface area contributed by atoms with E-state index in [0.29, 0.717) is 31.4 Å². The number of ether oxygens (including phenoxy) is 1. The topological polar surface area (TPSA) is 46.6 Å². The minimum atomic E-state index is -0.651. The number of ketones is 1. The van der Waals surface area contributed by atoms with Crippen molar-refractivity contribution < 1.29 is 18.7 Å². The molecule has 1 aliphatic rings. The first-order valence-electron chi connectivity index (χ1n) is 6.74. The van der Waals surface area contributed by atoms with E-state index in [2.05, 4.69) is 13.8 Å². The Balaban J connectivity index is 1.96. The second-order valence-electron chi connectivity index (χ2n) is 5.24. The molecule has 0 fully saturated rings. The molecule has 0 N–H and O–H groups in total. The Morgan fingerprint density at radius 3 is 2.70 bits per heavy atom. The van der Waals surface area contributed by atoms with E-state index in [1.807, 2.05) is 0 Å². The summed E-state index contributed by atoms with van der Waals surface area (Å²) >= 11 is 0. The second-order valence-corrected chi connectivity index (χ2v) is 5.24. The van der Waals surface area contributed by atoms with Crippen LogP contribution in [0.5, 0.6) is 0 Å². The Bertz CT molecular complexity index is 528. The zero-order valence-electron chi connectivity index (χ0n) is 11.7. The zero-order chi connectivity index (χ0) is 14.7. The third-order valence-electron chi connectivity index (χ3n) is 3.23. The van der Waals surface area contributed by atoms with Crippen LogP contribution in [0.25, 0.3) is 0 Å². The molecule has 0 saturated carbocycles. The Hall–Kier alpha value is -1.75. The van der Waals surface area contributed by atoms with Gasteiger partial charge in [-0.25, -0.2) is 4.39 Å². The molecule has 0 atom stereocenters. The third kappa shape index (κ3) is 3.04. The number of hydrogen-bond acceptors (Lipinski definition) is 3. The number of rotatable bonds is 6. The number of fused-ring (bicyclic) bond motifs is 1.